The molecule has 2 fully saturated rings. The van der Waals surface area contributed by atoms with Crippen molar-refractivity contribution in [3.05, 3.63) is 0 Å². The third-order valence-corrected chi connectivity index (χ3v) is 4.51. The minimum atomic E-state index is -1.05. The van der Waals surface area contributed by atoms with Crippen molar-refractivity contribution in [1.82, 2.24) is 10.2 Å². The van der Waals surface area contributed by atoms with Crippen LogP contribution in [0.15, 0.2) is 0 Å². The average molecular weight is 284 g/mol. The smallest absolute Gasteiger partial charge is 0.326 e. The summed E-state index contributed by atoms with van der Waals surface area (Å²) in [5.41, 5.74) is 0. The van der Waals surface area contributed by atoms with Gasteiger partial charge in [0.1, 0.15) is 6.04 Å². The first kappa shape index (κ1) is 15.1. The molecule has 1 aliphatic heterocycles. The number of nitrogens with zero attached hydrogens (tertiary/aromatic N) is 1. The van der Waals surface area contributed by atoms with E-state index in [2.05, 4.69) is 12.2 Å². The minimum Gasteiger partial charge on any atom is -0.480 e. The van der Waals surface area contributed by atoms with Crippen LogP contribution in [0.4, 0.5) is 4.79 Å². The molecule has 1 saturated heterocycles. The average Bonchev–Trinajstić information content (AvgIpc) is 2.81. The number of hydrogen-bond donors (Lipinski definition) is 3. The van der Waals surface area contributed by atoms with E-state index < -0.39 is 18.1 Å². The molecule has 0 spiro atoms. The standard InChI is InChI=1S/C14H24N2O4/c1-2-9-4-3-5-10(6-9)15-14(20)16-8-11(17)7-12(16)13(18)19/h9-12,17H,2-8H2,1H3,(H,15,20)(H,18,19)/t9?,10?,11?,12-/m0/s1. The van der Waals surface area contributed by atoms with Crippen LogP contribution in [0.3, 0.4) is 0 Å². The quantitative estimate of drug-likeness (QED) is 0.726. The first-order valence-electron chi connectivity index (χ1n) is 7.49. The van der Waals surface area contributed by atoms with E-state index in [1.54, 1.807) is 0 Å². The van der Waals surface area contributed by atoms with Crippen LogP contribution in [0.1, 0.15) is 45.4 Å². The van der Waals surface area contributed by atoms with Crippen molar-refractivity contribution in [2.24, 2.45) is 5.92 Å². The Hall–Kier alpha value is -1.30. The van der Waals surface area contributed by atoms with Gasteiger partial charge < -0.3 is 20.4 Å². The number of aliphatic hydroxyl groups is 1. The number of likely N-dealkylation sites (tertiary alicyclic amines) is 1. The predicted molar refractivity (Wildman–Crippen MR) is 73.3 cm³/mol. The fraction of sp³-hybridized carbons (Fsp3) is 0.857. The van der Waals surface area contributed by atoms with Crippen LogP contribution < -0.4 is 5.32 Å². The van der Waals surface area contributed by atoms with E-state index in [0.717, 1.165) is 25.7 Å². The summed E-state index contributed by atoms with van der Waals surface area (Å²) < 4.78 is 0. The van der Waals surface area contributed by atoms with Gasteiger partial charge in [0, 0.05) is 19.0 Å². The largest absolute Gasteiger partial charge is 0.480 e. The second-order valence-electron chi connectivity index (χ2n) is 5.98. The maximum atomic E-state index is 12.2. The zero-order valence-corrected chi connectivity index (χ0v) is 11.9. The Labute approximate surface area is 119 Å². The summed E-state index contributed by atoms with van der Waals surface area (Å²) in [5.74, 6) is -0.403. The molecule has 20 heavy (non-hydrogen) atoms. The molecule has 3 N–H and O–H groups in total. The zero-order chi connectivity index (χ0) is 14.7. The van der Waals surface area contributed by atoms with Crippen molar-refractivity contribution in [2.45, 2.75) is 63.6 Å². The summed E-state index contributed by atoms with van der Waals surface area (Å²) in [5, 5.41) is 21.6. The Balaban J connectivity index is 1.92. The Morgan fingerprint density at radius 1 is 1.30 bits per heavy atom. The lowest BCUT2D eigenvalue weighted by atomic mass is 9.84. The lowest BCUT2D eigenvalue weighted by Gasteiger charge is -2.31. The van der Waals surface area contributed by atoms with Crippen LogP contribution in [-0.2, 0) is 4.79 Å². The van der Waals surface area contributed by atoms with Crippen LogP contribution in [0.2, 0.25) is 0 Å². The molecule has 0 aromatic heterocycles. The molecule has 2 rings (SSSR count). The minimum absolute atomic E-state index is 0.104. The van der Waals surface area contributed by atoms with Crippen molar-refractivity contribution < 1.29 is 19.8 Å². The van der Waals surface area contributed by atoms with E-state index in [4.69, 9.17) is 5.11 Å². The van der Waals surface area contributed by atoms with E-state index >= 15 is 0 Å². The monoisotopic (exact) mass is 284 g/mol. The lowest BCUT2D eigenvalue weighted by molar-refractivity contribution is -0.141. The van der Waals surface area contributed by atoms with Crippen LogP contribution in [0.5, 0.6) is 0 Å². The summed E-state index contributed by atoms with van der Waals surface area (Å²) in [6.07, 6.45) is 4.73. The third-order valence-electron chi connectivity index (χ3n) is 4.51. The maximum Gasteiger partial charge on any atom is 0.326 e. The number of hydrogen-bond acceptors (Lipinski definition) is 3. The van der Waals surface area contributed by atoms with Crippen LogP contribution >= 0.6 is 0 Å². The van der Waals surface area contributed by atoms with E-state index in [1.165, 1.54) is 11.3 Å². The first-order chi connectivity index (χ1) is 9.51. The topological polar surface area (TPSA) is 89.9 Å². The molecule has 3 unspecified atom stereocenters. The highest BCUT2D eigenvalue weighted by molar-refractivity contribution is 5.83. The van der Waals surface area contributed by atoms with Gasteiger partial charge in [-0.2, -0.15) is 0 Å². The van der Waals surface area contributed by atoms with Gasteiger partial charge in [0.15, 0.2) is 0 Å². The molecule has 0 aromatic carbocycles. The molecule has 0 bridgehead atoms. The van der Waals surface area contributed by atoms with Gasteiger partial charge in [-0.1, -0.05) is 26.2 Å². The fourth-order valence-corrected chi connectivity index (χ4v) is 3.32. The zero-order valence-electron chi connectivity index (χ0n) is 11.9. The molecule has 2 aliphatic rings. The van der Waals surface area contributed by atoms with Gasteiger partial charge in [-0.25, -0.2) is 9.59 Å². The van der Waals surface area contributed by atoms with Gasteiger partial charge in [-0.3, -0.25) is 0 Å². The number of carboxylic acid groups (broad SMARTS) is 1. The van der Waals surface area contributed by atoms with Crippen LogP contribution in [0, 0.1) is 5.92 Å². The highest BCUT2D eigenvalue weighted by Crippen LogP contribution is 2.27. The number of amides is 2. The Bertz CT molecular complexity index is 374. The molecule has 6 nitrogen and oxygen atoms in total. The lowest BCUT2D eigenvalue weighted by Crippen LogP contribution is -2.50. The number of urea groups is 1. The summed E-state index contributed by atoms with van der Waals surface area (Å²) in [4.78, 5) is 24.6. The Morgan fingerprint density at radius 3 is 2.70 bits per heavy atom. The van der Waals surface area contributed by atoms with Gasteiger partial charge in [-0.05, 0) is 18.8 Å². The number of aliphatic hydroxyl groups excluding tert-OH is 1. The van der Waals surface area contributed by atoms with Crippen molar-refractivity contribution >= 4 is 12.0 Å². The van der Waals surface area contributed by atoms with Crippen molar-refractivity contribution in [3.63, 3.8) is 0 Å². The summed E-state index contributed by atoms with van der Waals surface area (Å²) in [7, 11) is 0. The summed E-state index contributed by atoms with van der Waals surface area (Å²) in [6, 6.07) is -1.13. The molecular weight excluding hydrogens is 260 g/mol. The normalized spacial score (nSPS) is 34.0. The molecule has 4 atom stereocenters. The molecule has 114 valence electrons. The molecule has 2 amide bonds. The fourth-order valence-electron chi connectivity index (χ4n) is 3.32. The van der Waals surface area contributed by atoms with Crippen molar-refractivity contribution in [3.8, 4) is 0 Å². The highest BCUT2D eigenvalue weighted by atomic mass is 16.4. The second kappa shape index (κ2) is 6.43. The number of carbonyl (C=O) groups is 2. The number of aliphatic carboxylic acids is 1. The number of β-amino-alcohol motifs (C(OH)–C–C–N with tert-alkyl or cyclic N) is 1. The molecule has 0 radical (unpaired) electrons. The molecule has 1 saturated carbocycles. The number of nitrogens with one attached hydrogen (secondary N) is 1. The molecule has 1 aliphatic carbocycles. The number of rotatable bonds is 3. The molecule has 6 heteroatoms. The predicted octanol–water partition coefficient (Wildman–Crippen LogP) is 1.18. The van der Waals surface area contributed by atoms with Gasteiger partial charge >= 0.3 is 12.0 Å². The van der Waals surface area contributed by atoms with Gasteiger partial charge in [0.05, 0.1) is 6.10 Å². The van der Waals surface area contributed by atoms with Gasteiger partial charge in [-0.15, -0.1) is 0 Å². The van der Waals surface area contributed by atoms with Crippen molar-refractivity contribution in [2.75, 3.05) is 6.54 Å². The summed E-state index contributed by atoms with van der Waals surface area (Å²) in [6.45, 7) is 2.26. The number of carbonyl (C=O) groups excluding carboxylic acids is 1. The molecular formula is C14H24N2O4. The van der Waals surface area contributed by atoms with Crippen LogP contribution in [0.25, 0.3) is 0 Å². The maximum absolute atomic E-state index is 12.2. The summed E-state index contributed by atoms with van der Waals surface area (Å²) >= 11 is 0. The van der Waals surface area contributed by atoms with Gasteiger partial charge in [0.2, 0.25) is 0 Å². The van der Waals surface area contributed by atoms with Gasteiger partial charge in [0.25, 0.3) is 0 Å². The van der Waals surface area contributed by atoms with E-state index in [9.17, 15) is 14.7 Å². The Morgan fingerprint density at radius 2 is 2.05 bits per heavy atom. The van der Waals surface area contributed by atoms with E-state index in [1.807, 2.05) is 0 Å². The van der Waals surface area contributed by atoms with Crippen LogP contribution in [-0.4, -0.2) is 51.8 Å². The first-order valence-corrected chi connectivity index (χ1v) is 7.49. The second-order valence-corrected chi connectivity index (χ2v) is 5.98. The SMILES string of the molecule is CCC1CCCC(NC(=O)N2CC(O)C[C@H]2C(=O)O)C1. The van der Waals surface area contributed by atoms with Crippen molar-refractivity contribution in [1.29, 1.82) is 0 Å². The third kappa shape index (κ3) is 3.42. The molecule has 1 heterocycles. The molecule has 0 aromatic rings. The Kier molecular flexibility index (Phi) is 4.86. The highest BCUT2D eigenvalue weighted by Gasteiger charge is 2.39. The van der Waals surface area contributed by atoms with E-state index in [0.29, 0.717) is 5.92 Å². The van der Waals surface area contributed by atoms with E-state index in [-0.39, 0.29) is 25.0 Å². The number of carboxylic acids is 1.